The minimum atomic E-state index is 0.634. The van der Waals surface area contributed by atoms with Gasteiger partial charge in [-0.3, -0.25) is 4.90 Å². The van der Waals surface area contributed by atoms with Crippen LogP contribution in [0.2, 0.25) is 0 Å². The molecule has 2 fully saturated rings. The summed E-state index contributed by atoms with van der Waals surface area (Å²) in [5.74, 6) is 1.04. The molecule has 1 aromatic rings. The summed E-state index contributed by atoms with van der Waals surface area (Å²) >= 11 is 0. The molecule has 1 saturated heterocycles. The molecule has 1 atom stereocenters. The highest BCUT2D eigenvalue weighted by atomic mass is 15.3. The van der Waals surface area contributed by atoms with E-state index in [1.807, 2.05) is 0 Å². The minimum absolute atomic E-state index is 0.634. The predicted molar refractivity (Wildman–Crippen MR) is 86.4 cm³/mol. The van der Waals surface area contributed by atoms with E-state index in [-0.39, 0.29) is 0 Å². The number of nitrogens with zero attached hydrogens (tertiary/aromatic N) is 2. The van der Waals surface area contributed by atoms with Gasteiger partial charge in [-0.05, 0) is 36.3 Å². The van der Waals surface area contributed by atoms with Crippen LogP contribution in [0.3, 0.4) is 0 Å². The molecule has 1 aromatic carbocycles. The van der Waals surface area contributed by atoms with Gasteiger partial charge in [0, 0.05) is 51.9 Å². The van der Waals surface area contributed by atoms with Crippen molar-refractivity contribution in [2.45, 2.75) is 31.8 Å². The first-order chi connectivity index (χ1) is 10.4. The molecule has 1 N–H and O–H groups in total. The van der Waals surface area contributed by atoms with E-state index in [1.54, 1.807) is 5.56 Å². The van der Waals surface area contributed by atoms with Crippen molar-refractivity contribution in [3.05, 3.63) is 35.4 Å². The Hall–Kier alpha value is -0.900. The molecule has 1 aliphatic carbocycles. The molecule has 0 amide bonds. The summed E-state index contributed by atoms with van der Waals surface area (Å²) < 4.78 is 0. The number of hydrogen-bond donors (Lipinski definition) is 1. The third-order valence-corrected chi connectivity index (χ3v) is 5.32. The molecule has 114 valence electrons. The SMILES string of the molecule is c1ccc2c(c1)CNC(CN1CCN(CC3CC3)CC1)C2. The number of rotatable bonds is 4. The first-order valence-corrected chi connectivity index (χ1v) is 8.62. The number of piperazine rings is 1. The van der Waals surface area contributed by atoms with Gasteiger partial charge in [0.15, 0.2) is 0 Å². The lowest BCUT2D eigenvalue weighted by atomic mass is 9.95. The van der Waals surface area contributed by atoms with Crippen molar-refractivity contribution < 1.29 is 0 Å². The molecular weight excluding hydrogens is 258 g/mol. The molecule has 3 heteroatoms. The van der Waals surface area contributed by atoms with E-state index in [0.29, 0.717) is 6.04 Å². The van der Waals surface area contributed by atoms with Gasteiger partial charge in [0.05, 0.1) is 0 Å². The predicted octanol–water partition coefficient (Wildman–Crippen LogP) is 1.73. The standard InChI is InChI=1S/C18H27N3/c1-2-4-17-12-19-18(11-16(17)3-1)14-21-9-7-20(8-10-21)13-15-5-6-15/h1-4,15,18-19H,5-14H2. The van der Waals surface area contributed by atoms with E-state index in [4.69, 9.17) is 0 Å². The second kappa shape index (κ2) is 6.07. The van der Waals surface area contributed by atoms with E-state index >= 15 is 0 Å². The Morgan fingerprint density at radius 2 is 1.57 bits per heavy atom. The highest BCUT2D eigenvalue weighted by molar-refractivity contribution is 5.29. The van der Waals surface area contributed by atoms with Gasteiger partial charge in [-0.2, -0.15) is 0 Å². The Kier molecular flexibility index (Phi) is 3.97. The lowest BCUT2D eigenvalue weighted by Crippen LogP contribution is -2.52. The Labute approximate surface area is 128 Å². The largest absolute Gasteiger partial charge is 0.308 e. The molecule has 0 radical (unpaired) electrons. The van der Waals surface area contributed by atoms with Gasteiger partial charge < -0.3 is 10.2 Å². The van der Waals surface area contributed by atoms with E-state index in [0.717, 1.165) is 12.5 Å². The Bertz CT molecular complexity index is 475. The topological polar surface area (TPSA) is 18.5 Å². The Balaban J connectivity index is 1.26. The average molecular weight is 285 g/mol. The second-order valence-electron chi connectivity index (χ2n) is 7.10. The fourth-order valence-corrected chi connectivity index (χ4v) is 3.78. The number of hydrogen-bond acceptors (Lipinski definition) is 3. The molecule has 0 bridgehead atoms. The number of nitrogens with one attached hydrogen (secondary N) is 1. The molecule has 1 unspecified atom stereocenters. The fraction of sp³-hybridized carbons (Fsp3) is 0.667. The normalized spacial score (nSPS) is 27.5. The van der Waals surface area contributed by atoms with E-state index in [1.165, 1.54) is 64.1 Å². The molecule has 3 nitrogen and oxygen atoms in total. The molecule has 1 saturated carbocycles. The third-order valence-electron chi connectivity index (χ3n) is 5.32. The Morgan fingerprint density at radius 3 is 2.29 bits per heavy atom. The van der Waals surface area contributed by atoms with Gasteiger partial charge in [0.25, 0.3) is 0 Å². The van der Waals surface area contributed by atoms with Crippen LogP contribution in [-0.4, -0.2) is 55.1 Å². The van der Waals surface area contributed by atoms with Gasteiger partial charge in [-0.15, -0.1) is 0 Å². The van der Waals surface area contributed by atoms with Crippen LogP contribution in [0.15, 0.2) is 24.3 Å². The number of fused-ring (bicyclic) bond motifs is 1. The molecule has 2 aliphatic heterocycles. The van der Waals surface area contributed by atoms with Gasteiger partial charge in [0.2, 0.25) is 0 Å². The lowest BCUT2D eigenvalue weighted by molar-refractivity contribution is 0.118. The maximum atomic E-state index is 3.72. The zero-order chi connectivity index (χ0) is 14.1. The quantitative estimate of drug-likeness (QED) is 0.909. The van der Waals surface area contributed by atoms with Gasteiger partial charge in [0.1, 0.15) is 0 Å². The molecule has 3 aliphatic rings. The van der Waals surface area contributed by atoms with Crippen molar-refractivity contribution in [1.29, 1.82) is 0 Å². The zero-order valence-electron chi connectivity index (χ0n) is 12.9. The molecule has 2 heterocycles. The smallest absolute Gasteiger partial charge is 0.0238 e. The highest BCUT2D eigenvalue weighted by Gasteiger charge is 2.27. The van der Waals surface area contributed by atoms with Crippen molar-refractivity contribution in [1.82, 2.24) is 15.1 Å². The van der Waals surface area contributed by atoms with Crippen LogP contribution in [0.25, 0.3) is 0 Å². The minimum Gasteiger partial charge on any atom is -0.308 e. The maximum absolute atomic E-state index is 3.72. The average Bonchev–Trinajstić information content (AvgIpc) is 3.33. The third kappa shape index (κ3) is 3.47. The Morgan fingerprint density at radius 1 is 0.905 bits per heavy atom. The number of benzene rings is 1. The maximum Gasteiger partial charge on any atom is 0.0238 e. The first kappa shape index (κ1) is 13.7. The van der Waals surface area contributed by atoms with Crippen LogP contribution < -0.4 is 5.32 Å². The van der Waals surface area contributed by atoms with Gasteiger partial charge in [-0.1, -0.05) is 24.3 Å². The molecule has 21 heavy (non-hydrogen) atoms. The molecular formula is C18H27N3. The van der Waals surface area contributed by atoms with Crippen molar-refractivity contribution in [2.75, 3.05) is 39.3 Å². The van der Waals surface area contributed by atoms with E-state index in [2.05, 4.69) is 39.4 Å². The summed E-state index contributed by atoms with van der Waals surface area (Å²) in [4.78, 5) is 5.34. The van der Waals surface area contributed by atoms with E-state index < -0.39 is 0 Å². The lowest BCUT2D eigenvalue weighted by Gasteiger charge is -2.37. The van der Waals surface area contributed by atoms with E-state index in [9.17, 15) is 0 Å². The summed E-state index contributed by atoms with van der Waals surface area (Å²) in [6.45, 7) is 8.69. The van der Waals surface area contributed by atoms with Crippen molar-refractivity contribution >= 4 is 0 Å². The van der Waals surface area contributed by atoms with Crippen LogP contribution in [-0.2, 0) is 13.0 Å². The highest BCUT2D eigenvalue weighted by Crippen LogP contribution is 2.30. The van der Waals surface area contributed by atoms with Gasteiger partial charge in [-0.25, -0.2) is 0 Å². The summed E-state index contributed by atoms with van der Waals surface area (Å²) in [5.41, 5.74) is 3.04. The van der Waals surface area contributed by atoms with Crippen LogP contribution in [0.5, 0.6) is 0 Å². The van der Waals surface area contributed by atoms with Crippen LogP contribution in [0, 0.1) is 5.92 Å². The van der Waals surface area contributed by atoms with Crippen molar-refractivity contribution in [2.24, 2.45) is 5.92 Å². The van der Waals surface area contributed by atoms with Crippen LogP contribution in [0.4, 0.5) is 0 Å². The molecule has 0 spiro atoms. The summed E-state index contributed by atoms with van der Waals surface area (Å²) in [7, 11) is 0. The zero-order valence-corrected chi connectivity index (χ0v) is 12.9. The summed E-state index contributed by atoms with van der Waals surface area (Å²) in [5, 5.41) is 3.72. The van der Waals surface area contributed by atoms with Gasteiger partial charge >= 0.3 is 0 Å². The summed E-state index contributed by atoms with van der Waals surface area (Å²) in [6.07, 6.45) is 4.15. The van der Waals surface area contributed by atoms with Crippen LogP contribution >= 0.6 is 0 Å². The van der Waals surface area contributed by atoms with Crippen molar-refractivity contribution in [3.8, 4) is 0 Å². The fourth-order valence-electron chi connectivity index (χ4n) is 3.78. The summed E-state index contributed by atoms with van der Waals surface area (Å²) in [6, 6.07) is 9.53. The first-order valence-electron chi connectivity index (χ1n) is 8.62. The molecule has 0 aromatic heterocycles. The molecule has 4 rings (SSSR count). The monoisotopic (exact) mass is 285 g/mol. The van der Waals surface area contributed by atoms with Crippen LogP contribution in [0.1, 0.15) is 24.0 Å². The van der Waals surface area contributed by atoms with Crippen molar-refractivity contribution in [3.63, 3.8) is 0 Å². The second-order valence-corrected chi connectivity index (χ2v) is 7.10.